The van der Waals surface area contributed by atoms with Crippen molar-refractivity contribution in [1.29, 1.82) is 0 Å². The maximum absolute atomic E-state index is 12.2. The molecule has 118 valence electrons. The predicted octanol–water partition coefficient (Wildman–Crippen LogP) is 1.86. The number of carbonyl (C=O) groups excluding carboxylic acids is 1. The van der Waals surface area contributed by atoms with Crippen molar-refractivity contribution in [3.05, 3.63) is 16.5 Å². The highest BCUT2D eigenvalue weighted by Gasteiger charge is 2.28. The lowest BCUT2D eigenvalue weighted by molar-refractivity contribution is 0.0968. The summed E-state index contributed by atoms with van der Waals surface area (Å²) >= 11 is 1.06. The largest absolute Gasteiger partial charge is 0.396 e. The number of carbonyl (C=O) groups is 1. The monoisotopic (exact) mass is 331 g/mol. The van der Waals surface area contributed by atoms with Crippen LogP contribution in [0.4, 0.5) is 10.7 Å². The van der Waals surface area contributed by atoms with Gasteiger partial charge in [0.1, 0.15) is 14.8 Å². The van der Waals surface area contributed by atoms with Gasteiger partial charge in [-0.2, -0.15) is 0 Å². The average Bonchev–Trinajstić information content (AvgIpc) is 2.75. The van der Waals surface area contributed by atoms with E-state index in [-0.39, 0.29) is 27.1 Å². The fourth-order valence-electron chi connectivity index (χ4n) is 1.63. The zero-order valence-electron chi connectivity index (χ0n) is 12.6. The van der Waals surface area contributed by atoms with Gasteiger partial charge >= 0.3 is 0 Å². The van der Waals surface area contributed by atoms with Crippen molar-refractivity contribution in [3.63, 3.8) is 0 Å². The van der Waals surface area contributed by atoms with Crippen molar-refractivity contribution >= 4 is 37.8 Å². The molecule has 0 saturated heterocycles. The van der Waals surface area contributed by atoms with E-state index in [1.54, 1.807) is 6.92 Å². The van der Waals surface area contributed by atoms with Gasteiger partial charge in [0.2, 0.25) is 0 Å². The van der Waals surface area contributed by atoms with Crippen LogP contribution in [0.2, 0.25) is 0 Å². The summed E-state index contributed by atoms with van der Waals surface area (Å²) in [5.74, 6) is -0.460. The molecule has 4 N–H and O–H groups in total. The molecule has 1 aromatic rings. The Kier molecular flexibility index (Phi) is 5.79. The van der Waals surface area contributed by atoms with Crippen LogP contribution in [0, 0.1) is 0 Å². The lowest BCUT2D eigenvalue weighted by atomic mass is 10.3. The molecular weight excluding hydrogens is 310 g/mol. The standard InChI is InChI=1S/C13H21N3O3S2/c1-5-21(18,19)11-9(14)10(12(17)15-4)20-13(11)16-7-6-8(2)3/h6,16H,5,7,14H2,1-4H3,(H,15,17). The Bertz CT molecular complexity index is 656. The minimum atomic E-state index is -3.51. The summed E-state index contributed by atoms with van der Waals surface area (Å²) in [5, 5.41) is 5.90. The van der Waals surface area contributed by atoms with E-state index in [0.29, 0.717) is 11.5 Å². The van der Waals surface area contributed by atoms with E-state index in [9.17, 15) is 13.2 Å². The van der Waals surface area contributed by atoms with Crippen LogP contribution in [0.15, 0.2) is 16.5 Å². The molecule has 1 aromatic heterocycles. The van der Waals surface area contributed by atoms with E-state index in [0.717, 1.165) is 16.9 Å². The molecule has 0 fully saturated rings. The molecule has 1 amide bonds. The summed E-state index contributed by atoms with van der Waals surface area (Å²) in [6, 6.07) is 0. The third-order valence-electron chi connectivity index (χ3n) is 2.80. The lowest BCUT2D eigenvalue weighted by Crippen LogP contribution is -2.18. The summed E-state index contributed by atoms with van der Waals surface area (Å²) in [6.07, 6.45) is 1.93. The van der Waals surface area contributed by atoms with Gasteiger partial charge in [-0.05, 0) is 13.8 Å². The maximum atomic E-state index is 12.2. The fraction of sp³-hybridized carbons (Fsp3) is 0.462. The second-order valence-corrected chi connectivity index (χ2v) is 7.88. The first-order valence-electron chi connectivity index (χ1n) is 6.48. The number of nitrogens with one attached hydrogen (secondary N) is 2. The summed E-state index contributed by atoms with van der Waals surface area (Å²) in [6.45, 7) is 5.92. The third-order valence-corrected chi connectivity index (χ3v) is 5.89. The predicted molar refractivity (Wildman–Crippen MR) is 87.8 cm³/mol. The second-order valence-electron chi connectivity index (χ2n) is 4.65. The van der Waals surface area contributed by atoms with Gasteiger partial charge in [0.15, 0.2) is 9.84 Å². The van der Waals surface area contributed by atoms with Gasteiger partial charge in [-0.3, -0.25) is 4.79 Å². The van der Waals surface area contributed by atoms with Crippen LogP contribution in [0.25, 0.3) is 0 Å². The first-order chi connectivity index (χ1) is 9.74. The summed E-state index contributed by atoms with van der Waals surface area (Å²) < 4.78 is 24.4. The Morgan fingerprint density at radius 3 is 2.48 bits per heavy atom. The maximum Gasteiger partial charge on any atom is 0.263 e. The van der Waals surface area contributed by atoms with Gasteiger partial charge in [-0.25, -0.2) is 8.42 Å². The molecule has 8 heteroatoms. The van der Waals surface area contributed by atoms with Gasteiger partial charge in [0.05, 0.1) is 11.4 Å². The van der Waals surface area contributed by atoms with Crippen LogP contribution in [-0.4, -0.2) is 33.7 Å². The Labute approximate surface area is 129 Å². The smallest absolute Gasteiger partial charge is 0.263 e. The minimum absolute atomic E-state index is 0.0147. The number of sulfone groups is 1. The SMILES string of the molecule is CCS(=O)(=O)c1c(NCC=C(C)C)sc(C(=O)NC)c1N. The molecule has 0 saturated carbocycles. The fourth-order valence-corrected chi connectivity index (χ4v) is 4.25. The van der Waals surface area contributed by atoms with Crippen LogP contribution >= 0.6 is 11.3 Å². The van der Waals surface area contributed by atoms with Gasteiger partial charge < -0.3 is 16.4 Å². The number of hydrogen-bond donors (Lipinski definition) is 3. The molecule has 21 heavy (non-hydrogen) atoms. The Balaban J connectivity index is 3.34. The van der Waals surface area contributed by atoms with E-state index in [1.807, 2.05) is 19.9 Å². The highest BCUT2D eigenvalue weighted by Crippen LogP contribution is 2.39. The number of allylic oxidation sites excluding steroid dienone is 1. The van der Waals surface area contributed by atoms with E-state index >= 15 is 0 Å². The number of anilines is 2. The Morgan fingerprint density at radius 1 is 1.38 bits per heavy atom. The zero-order chi connectivity index (χ0) is 16.2. The first-order valence-corrected chi connectivity index (χ1v) is 8.95. The van der Waals surface area contributed by atoms with Crippen LogP contribution in [-0.2, 0) is 9.84 Å². The molecule has 0 unspecified atom stereocenters. The molecule has 0 atom stereocenters. The summed E-state index contributed by atoms with van der Waals surface area (Å²) in [4.78, 5) is 12.0. The van der Waals surface area contributed by atoms with Gasteiger partial charge in [0, 0.05) is 13.6 Å². The van der Waals surface area contributed by atoms with E-state index in [4.69, 9.17) is 5.73 Å². The lowest BCUT2D eigenvalue weighted by Gasteiger charge is -2.06. The van der Waals surface area contributed by atoms with Gasteiger partial charge in [-0.15, -0.1) is 11.3 Å². The zero-order valence-corrected chi connectivity index (χ0v) is 14.2. The molecule has 6 nitrogen and oxygen atoms in total. The van der Waals surface area contributed by atoms with Crippen LogP contribution < -0.4 is 16.4 Å². The summed E-state index contributed by atoms with van der Waals surface area (Å²) in [7, 11) is -2.03. The molecule has 0 spiro atoms. The quantitative estimate of drug-likeness (QED) is 0.691. The van der Waals surface area contributed by atoms with Crippen LogP contribution in [0.3, 0.4) is 0 Å². The van der Waals surface area contributed by atoms with Crippen molar-refractivity contribution in [3.8, 4) is 0 Å². The highest BCUT2D eigenvalue weighted by molar-refractivity contribution is 7.91. The molecule has 0 aliphatic heterocycles. The van der Waals surface area contributed by atoms with Crippen molar-refractivity contribution in [2.75, 3.05) is 30.4 Å². The molecular formula is C13H21N3O3S2. The number of amides is 1. The van der Waals surface area contributed by atoms with E-state index < -0.39 is 9.84 Å². The minimum Gasteiger partial charge on any atom is -0.396 e. The molecule has 0 bridgehead atoms. The second kappa shape index (κ2) is 6.95. The number of thiophene rings is 1. The van der Waals surface area contributed by atoms with Crippen molar-refractivity contribution in [2.45, 2.75) is 25.7 Å². The number of hydrogen-bond acceptors (Lipinski definition) is 6. The molecule has 1 heterocycles. The number of nitrogen functional groups attached to an aromatic ring is 1. The number of nitrogens with two attached hydrogens (primary N) is 1. The van der Waals surface area contributed by atoms with Crippen LogP contribution in [0.1, 0.15) is 30.4 Å². The van der Waals surface area contributed by atoms with Crippen molar-refractivity contribution in [2.24, 2.45) is 0 Å². The summed E-state index contributed by atoms with van der Waals surface area (Å²) in [5.41, 5.74) is 7.01. The molecule has 0 aliphatic carbocycles. The van der Waals surface area contributed by atoms with E-state index in [1.165, 1.54) is 7.05 Å². The van der Waals surface area contributed by atoms with Gasteiger partial charge in [-0.1, -0.05) is 18.6 Å². The van der Waals surface area contributed by atoms with E-state index in [2.05, 4.69) is 10.6 Å². The van der Waals surface area contributed by atoms with Crippen molar-refractivity contribution < 1.29 is 13.2 Å². The first kappa shape index (κ1) is 17.5. The normalized spacial score (nSPS) is 11.0. The molecule has 0 radical (unpaired) electrons. The molecule has 1 rings (SSSR count). The average molecular weight is 331 g/mol. The molecule has 0 aromatic carbocycles. The number of rotatable bonds is 6. The Hall–Kier alpha value is -1.54. The van der Waals surface area contributed by atoms with Crippen molar-refractivity contribution in [1.82, 2.24) is 5.32 Å². The Morgan fingerprint density at radius 2 is 2.00 bits per heavy atom. The highest BCUT2D eigenvalue weighted by atomic mass is 32.2. The topological polar surface area (TPSA) is 101 Å². The van der Waals surface area contributed by atoms with Gasteiger partial charge in [0.25, 0.3) is 5.91 Å². The van der Waals surface area contributed by atoms with Crippen LogP contribution in [0.5, 0.6) is 0 Å². The molecule has 0 aliphatic rings. The third kappa shape index (κ3) is 3.98.